The van der Waals surface area contributed by atoms with E-state index < -0.39 is 40.0 Å². The fourth-order valence-corrected chi connectivity index (χ4v) is 5.50. The van der Waals surface area contributed by atoms with Crippen molar-refractivity contribution in [3.05, 3.63) is 33.9 Å². The number of fused-ring (bicyclic) bond motifs is 1. The second-order valence-electron chi connectivity index (χ2n) is 7.63. The van der Waals surface area contributed by atoms with Crippen molar-refractivity contribution >= 4 is 62.1 Å². The number of benzene rings is 1. The Balaban J connectivity index is 1.83. The van der Waals surface area contributed by atoms with Gasteiger partial charge < -0.3 is 15.0 Å². The second kappa shape index (κ2) is 9.26. The molecule has 3 rings (SSSR count). The first-order valence-electron chi connectivity index (χ1n) is 9.65. The molecule has 1 aliphatic rings. The first-order valence-corrected chi connectivity index (χ1v) is 11.8. The zero-order chi connectivity index (χ0) is 23.8. The third-order valence-corrected chi connectivity index (χ3v) is 7.78. The summed E-state index contributed by atoms with van der Waals surface area (Å²) in [4.78, 5) is 35.6. The van der Waals surface area contributed by atoms with E-state index in [1.807, 2.05) is 4.72 Å². The molecule has 0 unspecified atom stereocenters. The minimum absolute atomic E-state index is 0.0141. The molecule has 1 saturated heterocycles. The smallest absolute Gasteiger partial charge is 0.303 e. The van der Waals surface area contributed by atoms with Gasteiger partial charge in [-0.2, -0.15) is 12.7 Å². The normalized spacial score (nSPS) is 19.6. The number of amides is 2. The van der Waals surface area contributed by atoms with Crippen LogP contribution >= 0.6 is 23.2 Å². The lowest BCUT2D eigenvalue weighted by Gasteiger charge is -2.37. The number of carbonyl (C=O) groups excluding carboxylic acids is 2. The summed E-state index contributed by atoms with van der Waals surface area (Å²) in [7, 11) is -2.40. The fourth-order valence-electron chi connectivity index (χ4n) is 3.89. The number of rotatable bonds is 6. The predicted octanol–water partition coefficient (Wildman–Crippen LogP) is 1.76. The van der Waals surface area contributed by atoms with Gasteiger partial charge >= 0.3 is 16.2 Å². The number of nitrogens with zero attached hydrogens (tertiary/aromatic N) is 2. The number of halogens is 2. The number of hydrogen-bond donors (Lipinski definition) is 3. The highest BCUT2D eigenvalue weighted by molar-refractivity contribution is 7.87. The Morgan fingerprint density at radius 1 is 1.25 bits per heavy atom. The van der Waals surface area contributed by atoms with Crippen LogP contribution in [0.25, 0.3) is 10.9 Å². The largest absolute Gasteiger partial charge is 0.481 e. The Kier molecular flexibility index (Phi) is 7.03. The minimum atomic E-state index is -4.09. The number of piperidine rings is 1. The molecular formula is C19H22Cl2N4O6S. The van der Waals surface area contributed by atoms with Crippen molar-refractivity contribution in [2.24, 2.45) is 13.0 Å². The summed E-state index contributed by atoms with van der Waals surface area (Å²) in [6.45, 7) is 0.930. The van der Waals surface area contributed by atoms with Gasteiger partial charge in [-0.1, -0.05) is 23.2 Å². The highest BCUT2D eigenvalue weighted by Gasteiger charge is 2.37. The van der Waals surface area contributed by atoms with Crippen LogP contribution in [0.4, 0.5) is 0 Å². The van der Waals surface area contributed by atoms with Crippen LogP contribution in [0, 0.1) is 5.92 Å². The van der Waals surface area contributed by atoms with Gasteiger partial charge in [0.05, 0.1) is 16.5 Å². The first-order chi connectivity index (χ1) is 14.9. The highest BCUT2D eigenvalue weighted by atomic mass is 35.5. The van der Waals surface area contributed by atoms with Crippen LogP contribution in [0.1, 0.15) is 30.3 Å². The molecule has 0 aliphatic carbocycles. The summed E-state index contributed by atoms with van der Waals surface area (Å²) in [5.41, 5.74) is 0.995. The molecule has 13 heteroatoms. The number of carboxylic acids is 1. The average Bonchev–Trinajstić information content (AvgIpc) is 3.02. The molecule has 10 nitrogen and oxygen atoms in total. The van der Waals surface area contributed by atoms with E-state index in [9.17, 15) is 27.9 Å². The second-order valence-corrected chi connectivity index (χ2v) is 10.1. The average molecular weight is 505 g/mol. The fraction of sp³-hybridized carbons (Fsp3) is 0.421. The lowest BCUT2D eigenvalue weighted by Crippen LogP contribution is -2.55. The van der Waals surface area contributed by atoms with Crippen molar-refractivity contribution in [1.29, 1.82) is 0 Å². The molecule has 0 bridgehead atoms. The van der Waals surface area contributed by atoms with E-state index >= 15 is 0 Å². The van der Waals surface area contributed by atoms with Crippen molar-refractivity contribution in [3.8, 4) is 0 Å². The number of aromatic nitrogens is 1. The first kappa shape index (κ1) is 24.3. The summed E-state index contributed by atoms with van der Waals surface area (Å²) in [5, 5.41) is 13.4. The SMILES string of the molecule is CC(=O)NS(=O)(=O)N1CC[C@@H](NC(=O)c2cc3c(Cl)c(Cl)ccc3n2C)[C@H](CC(=O)O)C1. The van der Waals surface area contributed by atoms with Crippen LogP contribution < -0.4 is 10.0 Å². The number of aliphatic carboxylic acids is 1. The zero-order valence-electron chi connectivity index (χ0n) is 17.3. The predicted molar refractivity (Wildman–Crippen MR) is 119 cm³/mol. The van der Waals surface area contributed by atoms with Gasteiger partial charge in [-0.15, -0.1) is 0 Å². The van der Waals surface area contributed by atoms with Gasteiger partial charge in [0.2, 0.25) is 5.91 Å². The van der Waals surface area contributed by atoms with E-state index in [0.29, 0.717) is 26.6 Å². The number of aryl methyl sites for hydroxylation is 1. The number of nitrogens with one attached hydrogen (secondary N) is 2. The molecular weight excluding hydrogens is 483 g/mol. The Hall–Kier alpha value is -2.34. The van der Waals surface area contributed by atoms with Crippen molar-refractivity contribution in [3.63, 3.8) is 0 Å². The van der Waals surface area contributed by atoms with Gasteiger partial charge in [0.15, 0.2) is 0 Å². The lowest BCUT2D eigenvalue weighted by atomic mass is 9.90. The molecule has 2 atom stereocenters. The van der Waals surface area contributed by atoms with E-state index in [4.69, 9.17) is 23.2 Å². The van der Waals surface area contributed by atoms with Crippen LogP contribution in [0.5, 0.6) is 0 Å². The summed E-state index contributed by atoms with van der Waals surface area (Å²) >= 11 is 12.3. The van der Waals surface area contributed by atoms with Crippen molar-refractivity contribution in [1.82, 2.24) is 18.9 Å². The van der Waals surface area contributed by atoms with E-state index in [1.54, 1.807) is 29.8 Å². The Labute approximate surface area is 194 Å². The van der Waals surface area contributed by atoms with Crippen LogP contribution in [-0.4, -0.2) is 59.3 Å². The summed E-state index contributed by atoms with van der Waals surface area (Å²) in [5.74, 6) is -3.01. The van der Waals surface area contributed by atoms with E-state index in [1.165, 1.54) is 0 Å². The Morgan fingerprint density at radius 2 is 1.94 bits per heavy atom. The van der Waals surface area contributed by atoms with E-state index in [0.717, 1.165) is 11.2 Å². The molecule has 1 aromatic heterocycles. The molecule has 3 N–H and O–H groups in total. The Morgan fingerprint density at radius 3 is 2.56 bits per heavy atom. The Bertz CT molecular complexity index is 1200. The molecule has 2 amide bonds. The number of carbonyl (C=O) groups is 3. The number of carboxylic acid groups (broad SMARTS) is 1. The van der Waals surface area contributed by atoms with Gasteiger partial charge in [-0.05, 0) is 24.6 Å². The molecule has 0 radical (unpaired) electrons. The quantitative estimate of drug-likeness (QED) is 0.547. The van der Waals surface area contributed by atoms with E-state index in [-0.39, 0.29) is 25.9 Å². The zero-order valence-corrected chi connectivity index (χ0v) is 19.6. The summed E-state index contributed by atoms with van der Waals surface area (Å²) in [6.07, 6.45) is -0.174. The minimum Gasteiger partial charge on any atom is -0.481 e. The van der Waals surface area contributed by atoms with Crippen LogP contribution in [0.3, 0.4) is 0 Å². The molecule has 2 heterocycles. The lowest BCUT2D eigenvalue weighted by molar-refractivity contribution is -0.138. The van der Waals surface area contributed by atoms with Crippen molar-refractivity contribution in [2.45, 2.75) is 25.8 Å². The van der Waals surface area contributed by atoms with Gasteiger partial charge in [-0.25, -0.2) is 4.72 Å². The molecule has 1 aliphatic heterocycles. The molecule has 0 spiro atoms. The van der Waals surface area contributed by atoms with E-state index in [2.05, 4.69) is 5.32 Å². The maximum absolute atomic E-state index is 13.0. The van der Waals surface area contributed by atoms with Crippen LogP contribution in [0.15, 0.2) is 18.2 Å². The summed E-state index contributed by atoms with van der Waals surface area (Å²) < 4.78 is 29.2. The van der Waals surface area contributed by atoms with Crippen molar-refractivity contribution < 1.29 is 27.9 Å². The summed E-state index contributed by atoms with van der Waals surface area (Å²) in [6, 6.07) is 4.38. The van der Waals surface area contributed by atoms with Gasteiger partial charge in [-0.3, -0.25) is 14.4 Å². The van der Waals surface area contributed by atoms with Crippen LogP contribution in [-0.2, 0) is 26.8 Å². The number of hydrogen-bond acceptors (Lipinski definition) is 5. The van der Waals surface area contributed by atoms with Gasteiger partial charge in [0.25, 0.3) is 5.91 Å². The molecule has 1 fully saturated rings. The van der Waals surface area contributed by atoms with Crippen LogP contribution in [0.2, 0.25) is 10.0 Å². The molecule has 2 aromatic rings. The van der Waals surface area contributed by atoms with Gasteiger partial charge in [0, 0.05) is 49.9 Å². The monoisotopic (exact) mass is 504 g/mol. The molecule has 174 valence electrons. The topological polar surface area (TPSA) is 138 Å². The maximum Gasteiger partial charge on any atom is 0.303 e. The highest BCUT2D eigenvalue weighted by Crippen LogP contribution is 2.32. The molecule has 0 saturated carbocycles. The molecule has 32 heavy (non-hydrogen) atoms. The third kappa shape index (κ3) is 5.01. The van der Waals surface area contributed by atoms with Crippen molar-refractivity contribution in [2.75, 3.05) is 13.1 Å². The molecule has 1 aromatic carbocycles. The standard InChI is InChI=1S/C19H22Cl2N4O6S/c1-10(26)23-32(30,31)25-6-5-14(11(9-25)7-17(27)28)22-19(29)16-8-12-15(24(16)2)4-3-13(20)18(12)21/h3-4,8,11,14H,5-7,9H2,1-2H3,(H,22,29)(H,23,26)(H,27,28)/t11-,14-/m1/s1. The van der Waals surface area contributed by atoms with Gasteiger partial charge in [0.1, 0.15) is 5.69 Å². The maximum atomic E-state index is 13.0. The third-order valence-electron chi connectivity index (χ3n) is 5.41.